The minimum absolute atomic E-state index is 0.104. The standard InChI is InChI=1S/C71H138O17P2/c1-6-9-12-15-17-19-21-23-25-27-28-30-32-34-36-41-46-51-56-70(75)88-67(61-82-69(74)55-50-45-40-35-33-31-29-26-24-22-20-18-16-13-10-7-2)63-86-90(79,80)84-59-65(72)58-83-89(77,78)85-62-66(60-81-68(73)54-49-43-14-11-8-3)87-71(76)57-52-47-42-38-37-39-44-48-53-64(4)5/h64-67,72H,6-63H2,1-5H3,(H,77,78)(H,79,80)/t65-,66+,67+/m0/s1. The summed E-state index contributed by atoms with van der Waals surface area (Å²) in [4.78, 5) is 72.3. The Labute approximate surface area is 549 Å². The number of carbonyl (C=O) groups is 4. The van der Waals surface area contributed by atoms with E-state index >= 15 is 0 Å². The van der Waals surface area contributed by atoms with Gasteiger partial charge in [-0.15, -0.1) is 0 Å². The van der Waals surface area contributed by atoms with Crippen LogP contribution in [0.5, 0.6) is 0 Å². The van der Waals surface area contributed by atoms with Crippen LogP contribution in [0.4, 0.5) is 0 Å². The van der Waals surface area contributed by atoms with Crippen LogP contribution in [0.15, 0.2) is 0 Å². The third kappa shape index (κ3) is 64.8. The van der Waals surface area contributed by atoms with Crippen molar-refractivity contribution in [2.24, 2.45) is 5.92 Å². The molecule has 0 aliphatic carbocycles. The van der Waals surface area contributed by atoms with E-state index in [1.54, 1.807) is 0 Å². The average Bonchev–Trinajstić information content (AvgIpc) is 3.57. The van der Waals surface area contributed by atoms with Gasteiger partial charge in [-0.25, -0.2) is 9.13 Å². The maximum absolute atomic E-state index is 13.0. The summed E-state index contributed by atoms with van der Waals surface area (Å²) in [5.41, 5.74) is 0. The van der Waals surface area contributed by atoms with Gasteiger partial charge in [0.2, 0.25) is 0 Å². The summed E-state index contributed by atoms with van der Waals surface area (Å²) in [6.45, 7) is 7.13. The molecule has 0 rings (SSSR count). The first kappa shape index (κ1) is 88.1. The Balaban J connectivity index is 5.15. The van der Waals surface area contributed by atoms with Gasteiger partial charge in [0.05, 0.1) is 26.4 Å². The Morgan fingerprint density at radius 1 is 0.300 bits per heavy atom. The van der Waals surface area contributed by atoms with Crippen LogP contribution >= 0.6 is 15.6 Å². The fraction of sp³-hybridized carbons (Fsp3) is 0.944. The summed E-state index contributed by atoms with van der Waals surface area (Å²) in [7, 11) is -9.89. The second-order valence-electron chi connectivity index (χ2n) is 26.1. The van der Waals surface area contributed by atoms with Crippen molar-refractivity contribution in [1.29, 1.82) is 0 Å². The highest BCUT2D eigenvalue weighted by Gasteiger charge is 2.30. The molecule has 0 fully saturated rings. The molecule has 2 unspecified atom stereocenters. The lowest BCUT2D eigenvalue weighted by molar-refractivity contribution is -0.161. The maximum atomic E-state index is 13.0. The monoisotopic (exact) mass is 1320 g/mol. The molecule has 0 spiro atoms. The first-order valence-electron chi connectivity index (χ1n) is 37.1. The first-order valence-corrected chi connectivity index (χ1v) is 40.1. The number of hydrogen-bond acceptors (Lipinski definition) is 15. The summed E-state index contributed by atoms with van der Waals surface area (Å²) in [5.74, 6) is -1.41. The molecule has 0 aromatic carbocycles. The lowest BCUT2D eigenvalue weighted by Crippen LogP contribution is -2.30. The highest BCUT2D eigenvalue weighted by molar-refractivity contribution is 7.47. The largest absolute Gasteiger partial charge is 0.472 e. The van der Waals surface area contributed by atoms with Gasteiger partial charge in [-0.05, 0) is 31.6 Å². The summed E-state index contributed by atoms with van der Waals surface area (Å²) in [6, 6.07) is 0. The molecule has 0 amide bonds. The normalized spacial score (nSPS) is 14.1. The lowest BCUT2D eigenvalue weighted by Gasteiger charge is -2.21. The van der Waals surface area contributed by atoms with E-state index in [1.165, 1.54) is 186 Å². The maximum Gasteiger partial charge on any atom is 0.472 e. The molecule has 19 heteroatoms. The topological polar surface area (TPSA) is 237 Å². The van der Waals surface area contributed by atoms with Gasteiger partial charge in [-0.2, -0.15) is 0 Å². The zero-order chi connectivity index (χ0) is 66.3. The summed E-state index contributed by atoms with van der Waals surface area (Å²) in [6.07, 6.45) is 51.8. The van der Waals surface area contributed by atoms with Crippen molar-refractivity contribution in [1.82, 2.24) is 0 Å². The molecular formula is C71H138O17P2. The fourth-order valence-corrected chi connectivity index (χ4v) is 12.4. The van der Waals surface area contributed by atoms with Crippen molar-refractivity contribution in [3.63, 3.8) is 0 Å². The van der Waals surface area contributed by atoms with Crippen LogP contribution in [0.1, 0.15) is 369 Å². The van der Waals surface area contributed by atoms with E-state index in [1.807, 2.05) is 0 Å². The van der Waals surface area contributed by atoms with Crippen LogP contribution in [-0.4, -0.2) is 96.7 Å². The molecule has 0 heterocycles. The lowest BCUT2D eigenvalue weighted by atomic mass is 10.0. The molecule has 17 nitrogen and oxygen atoms in total. The highest BCUT2D eigenvalue weighted by Crippen LogP contribution is 2.45. The third-order valence-corrected chi connectivity index (χ3v) is 18.4. The quantitative estimate of drug-likeness (QED) is 0.0222. The minimum Gasteiger partial charge on any atom is -0.462 e. The molecule has 0 aromatic heterocycles. The van der Waals surface area contributed by atoms with E-state index in [0.29, 0.717) is 25.7 Å². The van der Waals surface area contributed by atoms with Crippen LogP contribution in [0.25, 0.3) is 0 Å². The number of rotatable bonds is 71. The molecule has 0 saturated heterocycles. The van der Waals surface area contributed by atoms with Crippen LogP contribution in [0.2, 0.25) is 0 Å². The van der Waals surface area contributed by atoms with Crippen molar-refractivity contribution in [3.8, 4) is 0 Å². The number of unbranched alkanes of at least 4 members (excludes halogenated alkanes) is 43. The number of aliphatic hydroxyl groups is 1. The summed E-state index contributed by atoms with van der Waals surface area (Å²) in [5, 5.41) is 10.6. The molecule has 5 atom stereocenters. The SMILES string of the molecule is CCCCCCCCCCCCCCCCCCCCC(=O)O[C@H](COC(=O)CCCCCCCCCCCCCCCCCC)COP(=O)(O)OC[C@@H](O)COP(=O)(O)OC[C@@H](COC(=O)CCCCCCC)OC(=O)CCCCCCCCCCC(C)C. The smallest absolute Gasteiger partial charge is 0.462 e. The van der Waals surface area contributed by atoms with Crippen molar-refractivity contribution in [3.05, 3.63) is 0 Å². The minimum atomic E-state index is -4.95. The number of aliphatic hydroxyl groups excluding tert-OH is 1. The fourth-order valence-electron chi connectivity index (χ4n) is 10.8. The van der Waals surface area contributed by atoms with Gasteiger partial charge in [0.1, 0.15) is 19.3 Å². The Hall–Kier alpha value is -1.94. The number of carbonyl (C=O) groups excluding carboxylic acids is 4. The van der Waals surface area contributed by atoms with Crippen molar-refractivity contribution < 1.29 is 80.2 Å². The second kappa shape index (κ2) is 64.4. The highest BCUT2D eigenvalue weighted by atomic mass is 31.2. The molecule has 534 valence electrons. The Kier molecular flexibility index (Phi) is 63.0. The van der Waals surface area contributed by atoms with E-state index in [0.717, 1.165) is 102 Å². The number of ether oxygens (including phenoxy) is 4. The number of phosphoric acid groups is 2. The van der Waals surface area contributed by atoms with Crippen LogP contribution in [0.3, 0.4) is 0 Å². The van der Waals surface area contributed by atoms with Crippen LogP contribution in [-0.2, 0) is 65.4 Å². The van der Waals surface area contributed by atoms with Crippen molar-refractivity contribution in [2.45, 2.75) is 387 Å². The number of esters is 4. The van der Waals surface area contributed by atoms with E-state index < -0.39 is 97.5 Å². The van der Waals surface area contributed by atoms with Gasteiger partial charge in [-0.1, -0.05) is 317 Å². The predicted molar refractivity (Wildman–Crippen MR) is 363 cm³/mol. The van der Waals surface area contributed by atoms with E-state index in [-0.39, 0.29) is 25.7 Å². The molecule has 0 aliphatic rings. The summed E-state index contributed by atoms with van der Waals surface area (Å²) >= 11 is 0. The van der Waals surface area contributed by atoms with E-state index in [4.69, 9.17) is 37.0 Å². The average molecular weight is 1330 g/mol. The van der Waals surface area contributed by atoms with Gasteiger partial charge < -0.3 is 33.8 Å². The number of hydrogen-bond donors (Lipinski definition) is 3. The molecule has 90 heavy (non-hydrogen) atoms. The molecule has 3 N–H and O–H groups in total. The molecule has 0 saturated carbocycles. The first-order chi connectivity index (χ1) is 43.5. The van der Waals surface area contributed by atoms with Gasteiger partial charge in [0, 0.05) is 25.7 Å². The van der Waals surface area contributed by atoms with Gasteiger partial charge in [0.25, 0.3) is 0 Å². The molecule has 0 aliphatic heterocycles. The summed E-state index contributed by atoms with van der Waals surface area (Å²) < 4.78 is 68.1. The van der Waals surface area contributed by atoms with Crippen molar-refractivity contribution in [2.75, 3.05) is 39.6 Å². The Bertz CT molecular complexity index is 1740. The molecule has 0 radical (unpaired) electrons. The predicted octanol–water partition coefficient (Wildman–Crippen LogP) is 20.5. The van der Waals surface area contributed by atoms with Crippen LogP contribution in [0, 0.1) is 5.92 Å². The van der Waals surface area contributed by atoms with Gasteiger partial charge >= 0.3 is 39.5 Å². The molecular weight excluding hydrogens is 1190 g/mol. The Morgan fingerprint density at radius 3 is 0.756 bits per heavy atom. The van der Waals surface area contributed by atoms with Gasteiger partial charge in [-0.3, -0.25) is 37.3 Å². The molecule has 0 aromatic rings. The zero-order valence-corrected chi connectivity index (χ0v) is 60.1. The van der Waals surface area contributed by atoms with Crippen LogP contribution < -0.4 is 0 Å². The van der Waals surface area contributed by atoms with E-state index in [2.05, 4.69) is 34.6 Å². The van der Waals surface area contributed by atoms with Crippen molar-refractivity contribution >= 4 is 39.5 Å². The number of phosphoric ester groups is 2. The van der Waals surface area contributed by atoms with Gasteiger partial charge in [0.15, 0.2) is 12.2 Å². The second-order valence-corrected chi connectivity index (χ2v) is 29.0. The third-order valence-electron chi connectivity index (χ3n) is 16.5. The zero-order valence-electron chi connectivity index (χ0n) is 58.3. The molecule has 0 bridgehead atoms. The van der Waals surface area contributed by atoms with E-state index in [9.17, 15) is 43.2 Å². The Morgan fingerprint density at radius 2 is 0.511 bits per heavy atom.